The van der Waals surface area contributed by atoms with E-state index in [-0.39, 0.29) is 67.6 Å². The summed E-state index contributed by atoms with van der Waals surface area (Å²) in [5.41, 5.74) is 6.52. The second kappa shape index (κ2) is 9.24. The standard InChI is InChI=1S/C26H27FN4O6/c1-3-13-14-7-21(36-6-5-29-22(32)10-28)18(27)9-19(14)30-23-15(13)11-31-20(23)8-17-16(24(31)33)12-37-25(34)26(17,35)4-2/h7-9,35H,3-6,10-12,28H2,1-2H3,(H,29,32)/t26-/m0/s1. The lowest BCUT2D eigenvalue weighted by atomic mass is 9.86. The summed E-state index contributed by atoms with van der Waals surface area (Å²) >= 11 is 0. The van der Waals surface area contributed by atoms with Crippen molar-refractivity contribution in [3.05, 3.63) is 56.6 Å². The van der Waals surface area contributed by atoms with Crippen molar-refractivity contribution in [1.82, 2.24) is 14.9 Å². The zero-order valence-electron chi connectivity index (χ0n) is 20.5. The molecule has 1 aromatic carbocycles. The SMILES string of the molecule is CCc1c2c(nc3cc(F)c(OCCNC(=O)CN)cc13)-c1cc3c(c(=O)n1C2)COC(=O)[C@]3(O)CC. The van der Waals surface area contributed by atoms with E-state index in [1.54, 1.807) is 23.6 Å². The zero-order chi connectivity index (χ0) is 26.5. The second-order valence-electron chi connectivity index (χ2n) is 9.08. The number of amides is 1. The second-order valence-corrected chi connectivity index (χ2v) is 9.08. The lowest BCUT2D eigenvalue weighted by Gasteiger charge is -2.31. The van der Waals surface area contributed by atoms with Crippen molar-refractivity contribution in [2.24, 2.45) is 5.73 Å². The predicted octanol–water partition coefficient (Wildman–Crippen LogP) is 1.23. The largest absolute Gasteiger partial charge is 0.489 e. The highest BCUT2D eigenvalue weighted by Gasteiger charge is 2.45. The Morgan fingerprint density at radius 2 is 2.08 bits per heavy atom. The molecule has 11 heteroatoms. The van der Waals surface area contributed by atoms with Gasteiger partial charge in [0.15, 0.2) is 17.2 Å². The monoisotopic (exact) mass is 510 g/mol. The molecule has 5 rings (SSSR count). The van der Waals surface area contributed by atoms with Crippen molar-refractivity contribution < 1.29 is 28.6 Å². The molecule has 0 bridgehead atoms. The van der Waals surface area contributed by atoms with Gasteiger partial charge in [-0.25, -0.2) is 14.2 Å². The fraction of sp³-hybridized carbons (Fsp3) is 0.385. The van der Waals surface area contributed by atoms with Crippen LogP contribution in [0.5, 0.6) is 5.75 Å². The maximum Gasteiger partial charge on any atom is 0.343 e. The van der Waals surface area contributed by atoms with E-state index in [2.05, 4.69) is 5.32 Å². The average molecular weight is 511 g/mol. The number of esters is 1. The van der Waals surface area contributed by atoms with E-state index in [9.17, 15) is 23.9 Å². The van der Waals surface area contributed by atoms with E-state index in [0.717, 1.165) is 11.1 Å². The molecular formula is C26H27FN4O6. The molecule has 0 unspecified atom stereocenters. The Balaban J connectivity index is 1.60. The van der Waals surface area contributed by atoms with Gasteiger partial charge in [0.25, 0.3) is 5.56 Å². The Bertz CT molecular complexity index is 1520. The van der Waals surface area contributed by atoms with Gasteiger partial charge in [0.2, 0.25) is 5.91 Å². The minimum atomic E-state index is -1.92. The van der Waals surface area contributed by atoms with E-state index in [1.807, 2.05) is 6.92 Å². The highest BCUT2D eigenvalue weighted by Crippen LogP contribution is 2.41. The number of halogens is 1. The van der Waals surface area contributed by atoms with Gasteiger partial charge in [0, 0.05) is 22.6 Å². The van der Waals surface area contributed by atoms with Gasteiger partial charge in [-0.15, -0.1) is 0 Å². The number of fused-ring (bicyclic) bond motifs is 5. The van der Waals surface area contributed by atoms with E-state index >= 15 is 0 Å². The number of benzene rings is 1. The molecule has 194 valence electrons. The summed E-state index contributed by atoms with van der Waals surface area (Å²) in [5, 5.41) is 14.3. The number of aromatic nitrogens is 2. The topological polar surface area (TPSA) is 146 Å². The molecule has 4 heterocycles. The first-order valence-electron chi connectivity index (χ1n) is 12.1. The Hall–Kier alpha value is -3.83. The normalized spacial score (nSPS) is 17.7. The van der Waals surface area contributed by atoms with Crippen molar-refractivity contribution in [3.8, 4) is 17.1 Å². The molecule has 0 saturated heterocycles. The van der Waals surface area contributed by atoms with Crippen molar-refractivity contribution in [1.29, 1.82) is 0 Å². The molecule has 2 aromatic heterocycles. The molecule has 10 nitrogen and oxygen atoms in total. The quantitative estimate of drug-likeness (QED) is 0.249. The lowest BCUT2D eigenvalue weighted by molar-refractivity contribution is -0.172. The molecule has 1 atom stereocenters. The lowest BCUT2D eigenvalue weighted by Crippen LogP contribution is -2.44. The molecule has 4 N–H and O–H groups in total. The van der Waals surface area contributed by atoms with Crippen molar-refractivity contribution in [3.63, 3.8) is 0 Å². The summed E-state index contributed by atoms with van der Waals surface area (Å²) in [6, 6.07) is 4.50. The van der Waals surface area contributed by atoms with Crippen molar-refractivity contribution in [2.45, 2.75) is 45.4 Å². The number of ether oxygens (including phenoxy) is 2. The Morgan fingerprint density at radius 1 is 1.30 bits per heavy atom. The molecule has 0 saturated carbocycles. The Kier molecular flexibility index (Phi) is 6.20. The van der Waals surface area contributed by atoms with Gasteiger partial charge < -0.3 is 30.2 Å². The molecule has 37 heavy (non-hydrogen) atoms. The van der Waals surface area contributed by atoms with Crippen molar-refractivity contribution >= 4 is 22.8 Å². The number of nitrogens with two attached hydrogens (primary N) is 1. The van der Waals surface area contributed by atoms with Crippen LogP contribution >= 0.6 is 0 Å². The molecule has 2 aliphatic rings. The number of hydrogen-bond donors (Lipinski definition) is 3. The smallest absolute Gasteiger partial charge is 0.343 e. The van der Waals surface area contributed by atoms with Crippen LogP contribution in [0.1, 0.15) is 42.5 Å². The Morgan fingerprint density at radius 3 is 2.78 bits per heavy atom. The fourth-order valence-corrected chi connectivity index (χ4v) is 5.10. The van der Waals surface area contributed by atoms with Crippen molar-refractivity contribution in [2.75, 3.05) is 19.7 Å². The number of carbonyl (C=O) groups excluding carboxylic acids is 2. The summed E-state index contributed by atoms with van der Waals surface area (Å²) in [6.45, 7) is 3.73. The number of nitrogens with zero attached hydrogens (tertiary/aromatic N) is 2. The summed E-state index contributed by atoms with van der Waals surface area (Å²) in [5.74, 6) is -1.71. The van der Waals surface area contributed by atoms with Crippen LogP contribution in [0.15, 0.2) is 23.0 Å². The van der Waals surface area contributed by atoms with Crippen LogP contribution in [0.25, 0.3) is 22.3 Å². The number of cyclic esters (lactones) is 1. The first kappa shape index (κ1) is 24.8. The summed E-state index contributed by atoms with van der Waals surface area (Å²) in [7, 11) is 0. The summed E-state index contributed by atoms with van der Waals surface area (Å²) < 4.78 is 27.2. The average Bonchev–Trinajstić information content (AvgIpc) is 3.26. The molecule has 0 spiro atoms. The van der Waals surface area contributed by atoms with Crippen LogP contribution in [-0.4, -0.2) is 46.2 Å². The molecule has 0 fully saturated rings. The number of carbonyl (C=O) groups is 2. The third kappa shape index (κ3) is 3.85. The first-order valence-corrected chi connectivity index (χ1v) is 12.1. The van der Waals surface area contributed by atoms with E-state index in [1.165, 1.54) is 6.07 Å². The van der Waals surface area contributed by atoms with Crippen LogP contribution in [0, 0.1) is 5.82 Å². The number of nitrogens with one attached hydrogen (secondary N) is 1. The van der Waals surface area contributed by atoms with Crippen LogP contribution in [0.4, 0.5) is 4.39 Å². The van der Waals surface area contributed by atoms with Gasteiger partial charge in [0.1, 0.15) is 13.2 Å². The number of aliphatic hydroxyl groups is 1. The van der Waals surface area contributed by atoms with Crippen LogP contribution in [0.2, 0.25) is 0 Å². The van der Waals surface area contributed by atoms with Gasteiger partial charge in [-0.05, 0) is 30.5 Å². The predicted molar refractivity (Wildman–Crippen MR) is 131 cm³/mol. The highest BCUT2D eigenvalue weighted by atomic mass is 19.1. The molecule has 1 amide bonds. The number of hydrogen-bond acceptors (Lipinski definition) is 8. The summed E-state index contributed by atoms with van der Waals surface area (Å²) in [6.07, 6.45) is 0.631. The minimum Gasteiger partial charge on any atom is -0.489 e. The molecular weight excluding hydrogens is 483 g/mol. The number of aryl methyl sites for hydroxylation is 1. The molecule has 0 radical (unpaired) electrons. The fourth-order valence-electron chi connectivity index (χ4n) is 5.10. The van der Waals surface area contributed by atoms with E-state index < -0.39 is 17.4 Å². The zero-order valence-corrected chi connectivity index (χ0v) is 20.5. The van der Waals surface area contributed by atoms with E-state index in [4.69, 9.17) is 20.2 Å². The summed E-state index contributed by atoms with van der Waals surface area (Å²) in [4.78, 5) is 41.8. The molecule has 2 aliphatic heterocycles. The number of rotatable bonds is 7. The van der Waals surface area contributed by atoms with Gasteiger partial charge in [-0.1, -0.05) is 13.8 Å². The maximum absolute atomic E-state index is 14.9. The van der Waals surface area contributed by atoms with E-state index in [0.29, 0.717) is 28.7 Å². The highest BCUT2D eigenvalue weighted by molar-refractivity contribution is 5.90. The van der Waals surface area contributed by atoms with Crippen LogP contribution < -0.4 is 21.3 Å². The van der Waals surface area contributed by atoms with Gasteiger partial charge >= 0.3 is 5.97 Å². The Labute approximate surface area is 211 Å². The maximum atomic E-state index is 14.9. The van der Waals surface area contributed by atoms with Gasteiger partial charge in [0.05, 0.1) is 42.1 Å². The van der Waals surface area contributed by atoms with Gasteiger partial charge in [-0.3, -0.25) is 9.59 Å². The first-order chi connectivity index (χ1) is 17.7. The minimum absolute atomic E-state index is 0.0257. The number of pyridine rings is 2. The van der Waals surface area contributed by atoms with Crippen LogP contribution in [0.3, 0.4) is 0 Å². The van der Waals surface area contributed by atoms with Gasteiger partial charge in [-0.2, -0.15) is 0 Å². The van der Waals surface area contributed by atoms with Crippen LogP contribution in [-0.2, 0) is 39.5 Å². The molecule has 3 aromatic rings. The third-order valence-electron chi connectivity index (χ3n) is 7.08. The third-order valence-corrected chi connectivity index (χ3v) is 7.08. The molecule has 0 aliphatic carbocycles.